The van der Waals surface area contributed by atoms with Gasteiger partial charge in [-0.3, -0.25) is 9.69 Å². The quantitative estimate of drug-likeness (QED) is 0.831. The average Bonchev–Trinajstić information content (AvgIpc) is 2.91. The topological polar surface area (TPSA) is 50.6 Å². The molecule has 24 heavy (non-hydrogen) atoms. The molecule has 1 aromatic carbocycles. The van der Waals surface area contributed by atoms with Gasteiger partial charge in [0.05, 0.1) is 37.3 Å². The van der Waals surface area contributed by atoms with Crippen molar-refractivity contribution in [2.24, 2.45) is 0 Å². The van der Waals surface area contributed by atoms with Gasteiger partial charge in [0.25, 0.3) is 0 Å². The number of morpholine rings is 1. The first kappa shape index (κ1) is 16.9. The zero-order valence-corrected chi connectivity index (χ0v) is 14.2. The van der Waals surface area contributed by atoms with Crippen LogP contribution in [0.5, 0.6) is 0 Å². The van der Waals surface area contributed by atoms with E-state index in [2.05, 4.69) is 9.55 Å². The highest BCUT2D eigenvalue weighted by atomic mass is 19.1. The van der Waals surface area contributed by atoms with E-state index in [1.54, 1.807) is 6.07 Å². The summed E-state index contributed by atoms with van der Waals surface area (Å²) in [7, 11) is 1.90. The number of aromatic nitrogens is 2. The Balaban J connectivity index is 1.70. The first-order chi connectivity index (χ1) is 11.6. The smallest absolute Gasteiger partial charge is 0.236 e. The molecule has 130 valence electrons. The lowest BCUT2D eigenvalue weighted by molar-refractivity contribution is -0.136. The molecule has 0 aliphatic carbocycles. The number of amides is 1. The summed E-state index contributed by atoms with van der Waals surface area (Å²) in [4.78, 5) is 20.6. The number of nitrogens with zero attached hydrogens (tertiary/aromatic N) is 4. The van der Waals surface area contributed by atoms with Gasteiger partial charge in [-0.05, 0) is 26.1 Å². The van der Waals surface area contributed by atoms with Crippen LogP contribution in [0.2, 0.25) is 0 Å². The van der Waals surface area contributed by atoms with Crippen molar-refractivity contribution in [1.29, 1.82) is 0 Å². The molecule has 0 bridgehead atoms. The number of carbonyl (C=O) groups is 1. The molecule has 3 rings (SSSR count). The first-order valence-corrected chi connectivity index (χ1v) is 8.27. The molecular weight excluding hydrogens is 311 g/mol. The van der Waals surface area contributed by atoms with Gasteiger partial charge in [0.1, 0.15) is 11.6 Å². The van der Waals surface area contributed by atoms with Crippen molar-refractivity contribution in [3.8, 4) is 0 Å². The van der Waals surface area contributed by atoms with E-state index in [0.717, 1.165) is 17.9 Å². The summed E-state index contributed by atoms with van der Waals surface area (Å²) in [5, 5.41) is 0. The van der Waals surface area contributed by atoms with Gasteiger partial charge in [-0.15, -0.1) is 0 Å². The Morgan fingerprint density at radius 3 is 2.83 bits per heavy atom. The molecule has 2 heterocycles. The van der Waals surface area contributed by atoms with Crippen LogP contribution in [-0.4, -0.2) is 65.2 Å². The Bertz CT molecular complexity index is 725. The zero-order chi connectivity index (χ0) is 17.1. The van der Waals surface area contributed by atoms with E-state index in [-0.39, 0.29) is 11.7 Å². The van der Waals surface area contributed by atoms with E-state index in [1.807, 2.05) is 23.8 Å². The Morgan fingerprint density at radius 2 is 2.12 bits per heavy atom. The van der Waals surface area contributed by atoms with Crippen molar-refractivity contribution in [2.45, 2.75) is 20.0 Å². The molecule has 1 fully saturated rings. The monoisotopic (exact) mass is 334 g/mol. The second kappa shape index (κ2) is 7.27. The molecule has 0 spiro atoms. The molecule has 1 amide bonds. The molecule has 0 N–H and O–H groups in total. The van der Waals surface area contributed by atoms with Crippen LogP contribution in [0.25, 0.3) is 11.0 Å². The Kier molecular flexibility index (Phi) is 5.11. The van der Waals surface area contributed by atoms with Gasteiger partial charge in [0, 0.05) is 25.7 Å². The van der Waals surface area contributed by atoms with Gasteiger partial charge in [0.2, 0.25) is 5.91 Å². The predicted molar refractivity (Wildman–Crippen MR) is 89.1 cm³/mol. The fourth-order valence-electron chi connectivity index (χ4n) is 3.07. The summed E-state index contributed by atoms with van der Waals surface area (Å²) >= 11 is 0. The SMILES string of the molecule is CCn1c(CN(C)CC(=O)N2CCOCC2)nc2cc(F)ccc21. The van der Waals surface area contributed by atoms with Crippen LogP contribution in [0, 0.1) is 5.82 Å². The Labute approximate surface area is 140 Å². The maximum Gasteiger partial charge on any atom is 0.236 e. The molecule has 0 unspecified atom stereocenters. The van der Waals surface area contributed by atoms with Gasteiger partial charge < -0.3 is 14.2 Å². The van der Waals surface area contributed by atoms with Crippen LogP contribution in [0.4, 0.5) is 4.39 Å². The average molecular weight is 334 g/mol. The van der Waals surface area contributed by atoms with Gasteiger partial charge in [-0.2, -0.15) is 0 Å². The number of imidazole rings is 1. The van der Waals surface area contributed by atoms with Crippen LogP contribution in [0.15, 0.2) is 18.2 Å². The van der Waals surface area contributed by atoms with Crippen molar-refractivity contribution in [3.63, 3.8) is 0 Å². The fraction of sp³-hybridized carbons (Fsp3) is 0.529. The van der Waals surface area contributed by atoms with Crippen molar-refractivity contribution in [2.75, 3.05) is 39.9 Å². The van der Waals surface area contributed by atoms with E-state index >= 15 is 0 Å². The highest BCUT2D eigenvalue weighted by Crippen LogP contribution is 2.18. The summed E-state index contributed by atoms with van der Waals surface area (Å²) < 4.78 is 20.7. The lowest BCUT2D eigenvalue weighted by Crippen LogP contribution is -2.45. The number of aryl methyl sites for hydroxylation is 1. The van der Waals surface area contributed by atoms with E-state index < -0.39 is 0 Å². The third-order valence-electron chi connectivity index (χ3n) is 4.29. The van der Waals surface area contributed by atoms with Crippen LogP contribution in [0.3, 0.4) is 0 Å². The van der Waals surface area contributed by atoms with Crippen molar-refractivity contribution < 1.29 is 13.9 Å². The lowest BCUT2D eigenvalue weighted by atomic mass is 10.3. The summed E-state index contributed by atoms with van der Waals surface area (Å²) in [5.41, 5.74) is 1.57. The minimum absolute atomic E-state index is 0.103. The van der Waals surface area contributed by atoms with E-state index in [4.69, 9.17) is 4.74 Å². The van der Waals surface area contributed by atoms with Gasteiger partial charge in [-0.1, -0.05) is 0 Å². The summed E-state index contributed by atoms with van der Waals surface area (Å²) in [5.74, 6) is 0.659. The zero-order valence-electron chi connectivity index (χ0n) is 14.2. The van der Waals surface area contributed by atoms with Crippen LogP contribution in [0.1, 0.15) is 12.7 Å². The molecule has 1 aromatic heterocycles. The highest BCUT2D eigenvalue weighted by molar-refractivity contribution is 5.78. The molecule has 2 aromatic rings. The third kappa shape index (κ3) is 3.57. The number of hydrogen-bond donors (Lipinski definition) is 0. The molecule has 7 heteroatoms. The minimum atomic E-state index is -0.286. The Hall–Kier alpha value is -1.99. The Morgan fingerprint density at radius 1 is 1.38 bits per heavy atom. The van der Waals surface area contributed by atoms with Crippen LogP contribution in [-0.2, 0) is 22.6 Å². The lowest BCUT2D eigenvalue weighted by Gasteiger charge is -2.28. The van der Waals surface area contributed by atoms with Gasteiger partial charge in [-0.25, -0.2) is 9.37 Å². The predicted octanol–water partition coefficient (Wildman–Crippen LogP) is 1.49. The second-order valence-electron chi connectivity index (χ2n) is 6.07. The molecule has 1 aliphatic rings. The molecule has 0 atom stereocenters. The molecule has 1 saturated heterocycles. The van der Waals surface area contributed by atoms with Gasteiger partial charge >= 0.3 is 0 Å². The second-order valence-corrected chi connectivity index (χ2v) is 6.07. The van der Waals surface area contributed by atoms with Crippen molar-refractivity contribution in [3.05, 3.63) is 29.8 Å². The highest BCUT2D eigenvalue weighted by Gasteiger charge is 2.19. The van der Waals surface area contributed by atoms with E-state index in [9.17, 15) is 9.18 Å². The number of fused-ring (bicyclic) bond motifs is 1. The molecule has 0 saturated carbocycles. The maximum absolute atomic E-state index is 13.4. The normalized spacial score (nSPS) is 15.4. The van der Waals surface area contributed by atoms with E-state index in [0.29, 0.717) is 44.9 Å². The molecule has 6 nitrogen and oxygen atoms in total. The maximum atomic E-state index is 13.4. The number of likely N-dealkylation sites (N-methyl/N-ethyl adjacent to an activating group) is 1. The first-order valence-electron chi connectivity index (χ1n) is 8.27. The number of halogens is 1. The van der Waals surface area contributed by atoms with Gasteiger partial charge in [0.15, 0.2) is 0 Å². The molecular formula is C17H23FN4O2. The van der Waals surface area contributed by atoms with Crippen LogP contribution < -0.4 is 0 Å². The standard InChI is InChI=1S/C17H23FN4O2/c1-3-22-15-5-4-13(18)10-14(15)19-16(22)11-20(2)12-17(23)21-6-8-24-9-7-21/h4-5,10H,3,6-9,11-12H2,1-2H3. The van der Waals surface area contributed by atoms with Crippen molar-refractivity contribution in [1.82, 2.24) is 19.4 Å². The number of ether oxygens (including phenoxy) is 1. The number of benzene rings is 1. The van der Waals surface area contributed by atoms with Crippen molar-refractivity contribution >= 4 is 16.9 Å². The number of hydrogen-bond acceptors (Lipinski definition) is 4. The number of carbonyl (C=O) groups excluding carboxylic acids is 1. The van der Waals surface area contributed by atoms with E-state index in [1.165, 1.54) is 12.1 Å². The summed E-state index contributed by atoms with van der Waals surface area (Å²) in [6, 6.07) is 4.65. The molecule has 0 radical (unpaired) electrons. The largest absolute Gasteiger partial charge is 0.378 e. The third-order valence-corrected chi connectivity index (χ3v) is 4.29. The minimum Gasteiger partial charge on any atom is -0.378 e. The summed E-state index contributed by atoms with van der Waals surface area (Å²) in [6.07, 6.45) is 0. The fourth-order valence-corrected chi connectivity index (χ4v) is 3.07. The summed E-state index contributed by atoms with van der Waals surface area (Å²) in [6.45, 7) is 6.18. The molecule has 1 aliphatic heterocycles. The number of rotatable bonds is 5. The van der Waals surface area contributed by atoms with Crippen LogP contribution >= 0.6 is 0 Å².